The second-order valence-electron chi connectivity index (χ2n) is 5.68. The third-order valence-electron chi connectivity index (χ3n) is 4.03. The van der Waals surface area contributed by atoms with Crippen LogP contribution >= 0.6 is 0 Å². The van der Waals surface area contributed by atoms with Crippen molar-refractivity contribution in [3.05, 3.63) is 24.3 Å². The first-order valence-corrected chi connectivity index (χ1v) is 7.82. The third-order valence-corrected chi connectivity index (χ3v) is 4.03. The highest BCUT2D eigenvalue weighted by molar-refractivity contribution is 5.98. The van der Waals surface area contributed by atoms with Crippen LogP contribution in [0, 0.1) is 0 Å². The molecular formula is C17H24N2O3. The fraction of sp³-hybridized carbons (Fsp3) is 0.529. The molecular weight excluding hydrogens is 280 g/mol. The number of amides is 2. The van der Waals surface area contributed by atoms with Crippen molar-refractivity contribution in [3.63, 3.8) is 0 Å². The summed E-state index contributed by atoms with van der Waals surface area (Å²) in [6.45, 7) is 1.48. The van der Waals surface area contributed by atoms with Gasteiger partial charge in [-0.15, -0.1) is 0 Å². The summed E-state index contributed by atoms with van der Waals surface area (Å²) in [6, 6.07) is 7.47. The highest BCUT2D eigenvalue weighted by Crippen LogP contribution is 2.27. The monoisotopic (exact) mass is 304 g/mol. The lowest BCUT2D eigenvalue weighted by Crippen LogP contribution is -2.44. The van der Waals surface area contributed by atoms with Gasteiger partial charge in [-0.1, -0.05) is 31.4 Å². The first-order valence-electron chi connectivity index (χ1n) is 7.82. The fourth-order valence-electron chi connectivity index (χ4n) is 2.88. The summed E-state index contributed by atoms with van der Waals surface area (Å²) in [5, 5.41) is 3.04. The molecule has 0 saturated heterocycles. The van der Waals surface area contributed by atoms with Gasteiger partial charge in [0.2, 0.25) is 11.8 Å². The lowest BCUT2D eigenvalue weighted by Gasteiger charge is -2.26. The van der Waals surface area contributed by atoms with E-state index in [9.17, 15) is 9.59 Å². The number of hydrogen-bond acceptors (Lipinski definition) is 3. The van der Waals surface area contributed by atoms with Gasteiger partial charge >= 0.3 is 0 Å². The van der Waals surface area contributed by atoms with Crippen molar-refractivity contribution in [3.8, 4) is 5.75 Å². The van der Waals surface area contributed by atoms with E-state index in [-0.39, 0.29) is 24.4 Å². The van der Waals surface area contributed by atoms with Gasteiger partial charge in [-0.3, -0.25) is 14.5 Å². The average Bonchev–Trinajstić information content (AvgIpc) is 2.53. The number of nitrogens with one attached hydrogen (secondary N) is 1. The Morgan fingerprint density at radius 1 is 1.23 bits per heavy atom. The molecule has 0 heterocycles. The Labute approximate surface area is 131 Å². The van der Waals surface area contributed by atoms with Crippen LogP contribution < -0.4 is 15.0 Å². The molecule has 0 aliphatic heterocycles. The zero-order chi connectivity index (χ0) is 15.9. The predicted molar refractivity (Wildman–Crippen MR) is 86.0 cm³/mol. The molecule has 0 unspecified atom stereocenters. The number of hydrogen-bond donors (Lipinski definition) is 1. The van der Waals surface area contributed by atoms with Gasteiger partial charge in [0.1, 0.15) is 12.3 Å². The number of anilines is 1. The van der Waals surface area contributed by atoms with Gasteiger partial charge in [0.05, 0.1) is 12.8 Å². The normalized spacial score (nSPS) is 15.2. The largest absolute Gasteiger partial charge is 0.495 e. The number of para-hydroxylation sites is 2. The van der Waals surface area contributed by atoms with Crippen molar-refractivity contribution in [1.82, 2.24) is 5.32 Å². The molecule has 1 fully saturated rings. The van der Waals surface area contributed by atoms with Crippen molar-refractivity contribution in [2.75, 3.05) is 18.6 Å². The van der Waals surface area contributed by atoms with Gasteiger partial charge in [0, 0.05) is 13.0 Å². The van der Waals surface area contributed by atoms with E-state index in [4.69, 9.17) is 4.74 Å². The van der Waals surface area contributed by atoms with Gasteiger partial charge < -0.3 is 10.1 Å². The van der Waals surface area contributed by atoms with Crippen molar-refractivity contribution in [2.24, 2.45) is 0 Å². The minimum atomic E-state index is -0.178. The molecule has 120 valence electrons. The first kappa shape index (κ1) is 16.3. The molecule has 5 heteroatoms. The molecule has 5 nitrogen and oxygen atoms in total. The lowest BCUT2D eigenvalue weighted by molar-refractivity contribution is -0.123. The highest BCUT2D eigenvalue weighted by Gasteiger charge is 2.21. The molecule has 22 heavy (non-hydrogen) atoms. The molecule has 0 aromatic heterocycles. The zero-order valence-corrected chi connectivity index (χ0v) is 13.3. The summed E-state index contributed by atoms with van der Waals surface area (Å²) in [4.78, 5) is 25.6. The zero-order valence-electron chi connectivity index (χ0n) is 13.3. The quantitative estimate of drug-likeness (QED) is 0.909. The first-order chi connectivity index (χ1) is 10.6. The number of methoxy groups -OCH3 is 1. The molecule has 1 aliphatic carbocycles. The minimum Gasteiger partial charge on any atom is -0.495 e. The van der Waals surface area contributed by atoms with E-state index in [2.05, 4.69) is 5.32 Å². The Kier molecular flexibility index (Phi) is 5.81. The standard InChI is InChI=1S/C17H24N2O3/c1-13(20)19(15-10-6-7-11-16(15)22-2)12-17(21)18-14-8-4-3-5-9-14/h6-7,10-11,14H,3-5,8-9,12H2,1-2H3,(H,18,21). The average molecular weight is 304 g/mol. The van der Waals surface area contributed by atoms with Crippen molar-refractivity contribution < 1.29 is 14.3 Å². The Bertz CT molecular complexity index is 524. The second kappa shape index (κ2) is 7.82. The summed E-state index contributed by atoms with van der Waals surface area (Å²) in [7, 11) is 1.55. The second-order valence-corrected chi connectivity index (χ2v) is 5.68. The van der Waals surface area contributed by atoms with E-state index in [0.29, 0.717) is 11.4 Å². The molecule has 1 aromatic rings. The van der Waals surface area contributed by atoms with Crippen LogP contribution in [0.5, 0.6) is 5.75 Å². The van der Waals surface area contributed by atoms with Crippen LogP contribution in [0.1, 0.15) is 39.0 Å². The van der Waals surface area contributed by atoms with Crippen LogP contribution in [0.4, 0.5) is 5.69 Å². The molecule has 2 rings (SSSR count). The van der Waals surface area contributed by atoms with Crippen molar-refractivity contribution in [1.29, 1.82) is 0 Å². The Morgan fingerprint density at radius 2 is 1.91 bits per heavy atom. The topological polar surface area (TPSA) is 58.6 Å². The molecule has 1 aromatic carbocycles. The SMILES string of the molecule is COc1ccccc1N(CC(=O)NC1CCCCC1)C(C)=O. The number of carbonyl (C=O) groups excluding carboxylic acids is 2. The van der Waals surface area contributed by atoms with Crippen molar-refractivity contribution >= 4 is 17.5 Å². The maximum Gasteiger partial charge on any atom is 0.240 e. The summed E-state index contributed by atoms with van der Waals surface area (Å²) >= 11 is 0. The third kappa shape index (κ3) is 4.23. The molecule has 0 atom stereocenters. The Balaban J connectivity index is 2.05. The molecule has 0 radical (unpaired) electrons. The fourth-order valence-corrected chi connectivity index (χ4v) is 2.88. The Hall–Kier alpha value is -2.04. The van der Waals surface area contributed by atoms with Crippen LogP contribution in [-0.4, -0.2) is 31.5 Å². The molecule has 0 spiro atoms. The molecule has 1 aliphatic rings. The van der Waals surface area contributed by atoms with E-state index in [1.54, 1.807) is 19.2 Å². The van der Waals surface area contributed by atoms with Crippen LogP contribution in [0.3, 0.4) is 0 Å². The van der Waals surface area contributed by atoms with Gasteiger partial charge in [-0.05, 0) is 25.0 Å². The predicted octanol–water partition coefficient (Wildman–Crippen LogP) is 2.50. The molecule has 2 amide bonds. The number of carbonyl (C=O) groups is 2. The number of nitrogens with zero attached hydrogens (tertiary/aromatic N) is 1. The van der Waals surface area contributed by atoms with Gasteiger partial charge in [0.25, 0.3) is 0 Å². The Morgan fingerprint density at radius 3 is 2.55 bits per heavy atom. The smallest absolute Gasteiger partial charge is 0.240 e. The lowest BCUT2D eigenvalue weighted by atomic mass is 9.95. The molecule has 1 N–H and O–H groups in total. The van der Waals surface area contributed by atoms with Crippen LogP contribution in [0.15, 0.2) is 24.3 Å². The van der Waals surface area contributed by atoms with Crippen LogP contribution in [-0.2, 0) is 9.59 Å². The van der Waals surface area contributed by atoms with Crippen LogP contribution in [0.2, 0.25) is 0 Å². The maximum atomic E-state index is 12.3. The van der Waals surface area contributed by atoms with E-state index >= 15 is 0 Å². The highest BCUT2D eigenvalue weighted by atomic mass is 16.5. The van der Waals surface area contributed by atoms with E-state index < -0.39 is 0 Å². The van der Waals surface area contributed by atoms with E-state index in [1.165, 1.54) is 18.2 Å². The maximum absolute atomic E-state index is 12.3. The summed E-state index contributed by atoms with van der Waals surface area (Å²) in [5.74, 6) is 0.291. The minimum absolute atomic E-state index is 0.0200. The van der Waals surface area contributed by atoms with Crippen LogP contribution in [0.25, 0.3) is 0 Å². The van der Waals surface area contributed by atoms with E-state index in [1.807, 2.05) is 12.1 Å². The molecule has 1 saturated carbocycles. The number of benzene rings is 1. The summed E-state index contributed by atoms with van der Waals surface area (Å²) in [5.41, 5.74) is 0.622. The van der Waals surface area contributed by atoms with Gasteiger partial charge in [0.15, 0.2) is 0 Å². The number of ether oxygens (including phenoxy) is 1. The number of rotatable bonds is 5. The van der Waals surface area contributed by atoms with Gasteiger partial charge in [-0.2, -0.15) is 0 Å². The molecule has 0 bridgehead atoms. The van der Waals surface area contributed by atoms with Crippen molar-refractivity contribution in [2.45, 2.75) is 45.1 Å². The van der Waals surface area contributed by atoms with E-state index in [0.717, 1.165) is 25.7 Å². The van der Waals surface area contributed by atoms with Gasteiger partial charge in [-0.25, -0.2) is 0 Å². The summed E-state index contributed by atoms with van der Waals surface area (Å²) in [6.07, 6.45) is 5.62. The summed E-state index contributed by atoms with van der Waals surface area (Å²) < 4.78 is 5.28.